The average Bonchev–Trinajstić information content (AvgIpc) is 3.29. The van der Waals surface area contributed by atoms with Crippen molar-refractivity contribution in [2.45, 2.75) is 52.5 Å². The third kappa shape index (κ3) is 4.50. The second-order valence-corrected chi connectivity index (χ2v) is 7.25. The topological polar surface area (TPSA) is 63.1 Å². The summed E-state index contributed by atoms with van der Waals surface area (Å²) in [5.41, 5.74) is 2.20. The maximum absolute atomic E-state index is 13.1. The van der Waals surface area contributed by atoms with Crippen LogP contribution >= 0.6 is 12.4 Å². The Morgan fingerprint density at radius 2 is 2.11 bits per heavy atom. The first-order chi connectivity index (χ1) is 12.5. The van der Waals surface area contributed by atoms with E-state index in [9.17, 15) is 4.79 Å². The number of hydrogen-bond acceptors (Lipinski definition) is 4. The molecule has 148 valence electrons. The summed E-state index contributed by atoms with van der Waals surface area (Å²) < 4.78 is 1.81. The zero-order valence-electron chi connectivity index (χ0n) is 16.6. The monoisotopic (exact) mass is 391 g/mol. The van der Waals surface area contributed by atoms with Gasteiger partial charge in [-0.2, -0.15) is 0 Å². The number of carbonyl (C=O) groups excluding carboxylic acids is 1. The molecule has 1 unspecified atom stereocenters. The molecule has 1 saturated heterocycles. The molecule has 1 aliphatic rings. The third-order valence-electron chi connectivity index (χ3n) is 4.95. The van der Waals surface area contributed by atoms with Crippen LogP contribution in [0.15, 0.2) is 24.3 Å². The fourth-order valence-corrected chi connectivity index (χ4v) is 3.60. The van der Waals surface area contributed by atoms with Gasteiger partial charge in [0.05, 0.1) is 5.69 Å². The predicted molar refractivity (Wildman–Crippen MR) is 110 cm³/mol. The largest absolute Gasteiger partial charge is 0.332 e. The first-order valence-corrected chi connectivity index (χ1v) is 9.57. The molecule has 0 bridgehead atoms. The summed E-state index contributed by atoms with van der Waals surface area (Å²) in [6, 6.07) is 8.41. The number of nitrogens with zero attached hydrogens (tertiary/aromatic N) is 4. The molecule has 0 saturated carbocycles. The molecule has 1 aromatic heterocycles. The maximum Gasteiger partial charge on any atom is 0.293 e. The maximum atomic E-state index is 13.1. The molecule has 27 heavy (non-hydrogen) atoms. The number of halogens is 1. The van der Waals surface area contributed by atoms with Gasteiger partial charge in [0.15, 0.2) is 0 Å². The van der Waals surface area contributed by atoms with Crippen LogP contribution in [-0.2, 0) is 0 Å². The Kier molecular flexibility index (Phi) is 7.39. The van der Waals surface area contributed by atoms with Crippen molar-refractivity contribution < 1.29 is 4.79 Å². The Hall–Kier alpha value is -1.92. The lowest BCUT2D eigenvalue weighted by Crippen LogP contribution is -2.42. The molecule has 2 heterocycles. The number of rotatable bonds is 6. The van der Waals surface area contributed by atoms with Crippen LogP contribution in [0.4, 0.5) is 0 Å². The normalized spacial score (nSPS) is 16.4. The minimum absolute atomic E-state index is 0. The lowest BCUT2D eigenvalue weighted by Gasteiger charge is -2.26. The van der Waals surface area contributed by atoms with E-state index < -0.39 is 0 Å². The van der Waals surface area contributed by atoms with Crippen LogP contribution in [0.2, 0.25) is 0 Å². The van der Waals surface area contributed by atoms with E-state index in [0.717, 1.165) is 44.0 Å². The summed E-state index contributed by atoms with van der Waals surface area (Å²) in [6.45, 7) is 10.9. The van der Waals surface area contributed by atoms with Gasteiger partial charge in [-0.25, -0.2) is 9.67 Å². The third-order valence-corrected chi connectivity index (χ3v) is 4.95. The fraction of sp³-hybridized carbons (Fsp3) is 0.550. The number of aryl methyl sites for hydroxylation is 1. The van der Waals surface area contributed by atoms with Crippen LogP contribution in [0, 0.1) is 6.92 Å². The van der Waals surface area contributed by atoms with Crippen molar-refractivity contribution in [2.75, 3.05) is 19.6 Å². The van der Waals surface area contributed by atoms with Crippen LogP contribution in [0.25, 0.3) is 5.69 Å². The van der Waals surface area contributed by atoms with Crippen LogP contribution < -0.4 is 5.32 Å². The van der Waals surface area contributed by atoms with Crippen LogP contribution in [0.3, 0.4) is 0 Å². The van der Waals surface area contributed by atoms with Gasteiger partial charge in [-0.15, -0.1) is 17.5 Å². The molecule has 0 spiro atoms. The van der Waals surface area contributed by atoms with Crippen molar-refractivity contribution in [2.24, 2.45) is 0 Å². The van der Waals surface area contributed by atoms with E-state index in [1.54, 1.807) is 4.68 Å². The Morgan fingerprint density at radius 3 is 2.74 bits per heavy atom. The number of aromatic nitrogens is 3. The second-order valence-electron chi connectivity index (χ2n) is 7.25. The molecule has 1 aliphatic heterocycles. The molecule has 1 aromatic carbocycles. The van der Waals surface area contributed by atoms with Crippen molar-refractivity contribution in [1.29, 1.82) is 0 Å². The summed E-state index contributed by atoms with van der Waals surface area (Å²) in [6.07, 6.45) is 1.92. The van der Waals surface area contributed by atoms with Gasteiger partial charge in [0.2, 0.25) is 5.82 Å². The fourth-order valence-electron chi connectivity index (χ4n) is 3.60. The van der Waals surface area contributed by atoms with Gasteiger partial charge in [0, 0.05) is 19.1 Å². The molecule has 1 amide bonds. The lowest BCUT2D eigenvalue weighted by molar-refractivity contribution is 0.0679. The van der Waals surface area contributed by atoms with Crippen molar-refractivity contribution in [3.63, 3.8) is 0 Å². The minimum Gasteiger partial charge on any atom is -0.332 e. The number of para-hydroxylation sites is 1. The molecule has 0 radical (unpaired) electrons. The quantitative estimate of drug-likeness (QED) is 0.820. The van der Waals surface area contributed by atoms with Gasteiger partial charge in [0.25, 0.3) is 5.91 Å². The van der Waals surface area contributed by atoms with E-state index in [4.69, 9.17) is 0 Å². The Labute approximate surface area is 167 Å². The number of hydrogen-bond donors (Lipinski definition) is 1. The van der Waals surface area contributed by atoms with Crippen LogP contribution in [-0.4, -0.2) is 51.2 Å². The van der Waals surface area contributed by atoms with Gasteiger partial charge in [-0.3, -0.25) is 4.79 Å². The minimum atomic E-state index is -0.0653. The molecule has 7 heteroatoms. The van der Waals surface area contributed by atoms with Gasteiger partial charge in [0.1, 0.15) is 5.82 Å². The summed E-state index contributed by atoms with van der Waals surface area (Å²) in [4.78, 5) is 19.5. The molecule has 1 N–H and O–H groups in total. The summed E-state index contributed by atoms with van der Waals surface area (Å²) in [5.74, 6) is 1.34. The van der Waals surface area contributed by atoms with Crippen molar-refractivity contribution in [3.05, 3.63) is 41.5 Å². The number of carbonyl (C=O) groups is 1. The zero-order chi connectivity index (χ0) is 18.7. The highest BCUT2D eigenvalue weighted by Gasteiger charge is 2.29. The molecule has 1 atom stereocenters. The van der Waals surface area contributed by atoms with Gasteiger partial charge in [-0.1, -0.05) is 39.0 Å². The van der Waals surface area contributed by atoms with Gasteiger partial charge < -0.3 is 10.2 Å². The molecule has 0 aliphatic carbocycles. The van der Waals surface area contributed by atoms with Crippen molar-refractivity contribution >= 4 is 18.3 Å². The molecule has 2 aromatic rings. The Bertz CT molecular complexity index is 767. The molecular formula is C20H30ClN5O. The van der Waals surface area contributed by atoms with E-state index in [2.05, 4.69) is 42.2 Å². The molecule has 3 rings (SSSR count). The highest BCUT2D eigenvalue weighted by molar-refractivity contribution is 5.90. The number of nitrogens with one attached hydrogen (secondary N) is 1. The second kappa shape index (κ2) is 9.33. The first-order valence-electron chi connectivity index (χ1n) is 9.57. The Balaban J connectivity index is 0.00000261. The predicted octanol–water partition coefficient (Wildman–Crippen LogP) is 3.34. The van der Waals surface area contributed by atoms with E-state index in [1.807, 2.05) is 30.0 Å². The summed E-state index contributed by atoms with van der Waals surface area (Å²) in [7, 11) is 0. The average molecular weight is 392 g/mol. The smallest absolute Gasteiger partial charge is 0.293 e. The summed E-state index contributed by atoms with van der Waals surface area (Å²) in [5, 5.41) is 7.93. The van der Waals surface area contributed by atoms with Crippen LogP contribution in [0.5, 0.6) is 0 Å². The molecular weight excluding hydrogens is 362 g/mol. The molecule has 6 nitrogen and oxygen atoms in total. The highest BCUT2D eigenvalue weighted by atomic mass is 35.5. The zero-order valence-corrected chi connectivity index (χ0v) is 17.4. The SMILES string of the molecule is CCCN(C(=O)c1nc(C)n(-c2ccccc2C(C)C)n1)C1CCNC1.Cl. The number of benzene rings is 1. The van der Waals surface area contributed by atoms with E-state index >= 15 is 0 Å². The van der Waals surface area contributed by atoms with Gasteiger partial charge in [-0.05, 0) is 43.9 Å². The van der Waals surface area contributed by atoms with Crippen molar-refractivity contribution in [3.8, 4) is 5.69 Å². The van der Waals surface area contributed by atoms with E-state index in [-0.39, 0.29) is 24.4 Å². The van der Waals surface area contributed by atoms with E-state index in [1.165, 1.54) is 5.56 Å². The standard InChI is InChI=1S/C20H29N5O.ClH/c1-5-12-24(16-10-11-21-13-16)20(26)19-22-15(4)25(23-19)18-9-7-6-8-17(18)14(2)3;/h6-9,14,16,21H,5,10-13H2,1-4H3;1H. The number of amides is 1. The lowest BCUT2D eigenvalue weighted by atomic mass is 10.0. The summed E-state index contributed by atoms with van der Waals surface area (Å²) >= 11 is 0. The first kappa shape index (κ1) is 21.4. The van der Waals surface area contributed by atoms with Gasteiger partial charge >= 0.3 is 0 Å². The Morgan fingerprint density at radius 1 is 1.37 bits per heavy atom. The molecule has 1 fully saturated rings. The highest BCUT2D eigenvalue weighted by Crippen LogP contribution is 2.23. The van der Waals surface area contributed by atoms with Crippen molar-refractivity contribution in [1.82, 2.24) is 25.0 Å². The van der Waals surface area contributed by atoms with Crippen LogP contribution in [0.1, 0.15) is 61.5 Å². The van der Waals surface area contributed by atoms with E-state index in [0.29, 0.717) is 11.7 Å².